The van der Waals surface area contributed by atoms with E-state index in [1.54, 1.807) is 6.92 Å². The lowest BCUT2D eigenvalue weighted by atomic mass is 9.95. The number of nitrogens with one attached hydrogen (secondary N) is 2. The van der Waals surface area contributed by atoms with Gasteiger partial charge in [-0.25, -0.2) is 4.98 Å². The van der Waals surface area contributed by atoms with Crippen molar-refractivity contribution in [1.29, 1.82) is 0 Å². The third kappa shape index (κ3) is 2.24. The average Bonchev–Trinajstić information content (AvgIpc) is 2.68. The van der Waals surface area contributed by atoms with Gasteiger partial charge in [-0.05, 0) is 25.8 Å². The molecule has 0 bridgehead atoms. The van der Waals surface area contributed by atoms with Crippen LogP contribution in [0.4, 0.5) is 0 Å². The molecule has 0 radical (unpaired) electrons. The van der Waals surface area contributed by atoms with Crippen LogP contribution in [0.2, 0.25) is 0 Å². The number of carbonyl (C=O) groups is 1. The monoisotopic (exact) mass is 223 g/mol. The minimum atomic E-state index is -0.146. The van der Waals surface area contributed by atoms with Crippen LogP contribution in [0.5, 0.6) is 0 Å². The number of aromatic nitrogens is 1. The number of hydrogen-bond donors (Lipinski definition) is 2. The van der Waals surface area contributed by atoms with Crippen molar-refractivity contribution in [3.63, 3.8) is 0 Å². The van der Waals surface area contributed by atoms with Crippen molar-refractivity contribution in [2.75, 3.05) is 13.1 Å². The molecular formula is C11H17N3O2. The van der Waals surface area contributed by atoms with Gasteiger partial charge in [0, 0.05) is 12.6 Å². The summed E-state index contributed by atoms with van der Waals surface area (Å²) in [7, 11) is 0. The summed E-state index contributed by atoms with van der Waals surface area (Å²) in [6, 6.07) is 0.178. The van der Waals surface area contributed by atoms with Crippen molar-refractivity contribution in [3.8, 4) is 0 Å². The van der Waals surface area contributed by atoms with Gasteiger partial charge in [-0.1, -0.05) is 6.92 Å². The van der Waals surface area contributed by atoms with Crippen LogP contribution in [0.25, 0.3) is 0 Å². The van der Waals surface area contributed by atoms with E-state index in [9.17, 15) is 4.79 Å². The highest BCUT2D eigenvalue weighted by molar-refractivity contribution is 5.93. The maximum atomic E-state index is 11.9. The summed E-state index contributed by atoms with van der Waals surface area (Å²) in [5, 5.41) is 6.26. The minimum Gasteiger partial charge on any atom is -0.448 e. The molecule has 88 valence electrons. The number of hydrogen-bond acceptors (Lipinski definition) is 4. The molecule has 1 aromatic rings. The minimum absolute atomic E-state index is 0.146. The largest absolute Gasteiger partial charge is 0.448 e. The Morgan fingerprint density at radius 1 is 1.69 bits per heavy atom. The highest BCUT2D eigenvalue weighted by Gasteiger charge is 2.24. The van der Waals surface area contributed by atoms with E-state index < -0.39 is 0 Å². The standard InChI is InChI=1S/C11H17N3O2/c1-7-3-4-12-5-9(7)14-11(15)10-8(2)16-6-13-10/h6-7,9,12H,3-5H2,1-2H3,(H,14,15). The Labute approximate surface area is 94.6 Å². The topological polar surface area (TPSA) is 67.2 Å². The maximum Gasteiger partial charge on any atom is 0.273 e. The van der Waals surface area contributed by atoms with E-state index in [0.29, 0.717) is 17.4 Å². The molecule has 0 saturated carbocycles. The fraction of sp³-hybridized carbons (Fsp3) is 0.636. The zero-order valence-corrected chi connectivity index (χ0v) is 9.62. The number of amides is 1. The lowest BCUT2D eigenvalue weighted by Crippen LogP contribution is -2.50. The Morgan fingerprint density at radius 3 is 3.12 bits per heavy atom. The SMILES string of the molecule is Cc1ocnc1C(=O)NC1CNCCC1C. The zero-order valence-electron chi connectivity index (χ0n) is 9.62. The number of rotatable bonds is 2. The Morgan fingerprint density at radius 2 is 2.50 bits per heavy atom. The Kier molecular flexibility index (Phi) is 3.24. The van der Waals surface area contributed by atoms with Crippen LogP contribution in [0.15, 0.2) is 10.8 Å². The van der Waals surface area contributed by atoms with E-state index in [-0.39, 0.29) is 11.9 Å². The van der Waals surface area contributed by atoms with Crippen LogP contribution < -0.4 is 10.6 Å². The van der Waals surface area contributed by atoms with Gasteiger partial charge in [-0.3, -0.25) is 4.79 Å². The van der Waals surface area contributed by atoms with Crippen LogP contribution in [-0.4, -0.2) is 30.0 Å². The summed E-state index contributed by atoms with van der Waals surface area (Å²) < 4.78 is 5.01. The predicted molar refractivity (Wildman–Crippen MR) is 59.1 cm³/mol. The van der Waals surface area contributed by atoms with Gasteiger partial charge in [0.1, 0.15) is 5.76 Å². The molecule has 5 nitrogen and oxygen atoms in total. The second-order valence-electron chi connectivity index (χ2n) is 4.31. The lowest BCUT2D eigenvalue weighted by molar-refractivity contribution is 0.0909. The van der Waals surface area contributed by atoms with Crippen LogP contribution >= 0.6 is 0 Å². The second-order valence-corrected chi connectivity index (χ2v) is 4.31. The highest BCUT2D eigenvalue weighted by atomic mass is 16.3. The molecule has 2 unspecified atom stereocenters. The molecule has 2 N–H and O–H groups in total. The predicted octanol–water partition coefficient (Wildman–Crippen LogP) is 0.711. The molecule has 0 aliphatic carbocycles. The van der Waals surface area contributed by atoms with E-state index in [1.165, 1.54) is 6.39 Å². The third-order valence-corrected chi connectivity index (χ3v) is 3.10. The number of aryl methyl sites for hydroxylation is 1. The third-order valence-electron chi connectivity index (χ3n) is 3.10. The smallest absolute Gasteiger partial charge is 0.273 e. The van der Waals surface area contributed by atoms with Gasteiger partial charge in [0.2, 0.25) is 0 Å². The van der Waals surface area contributed by atoms with E-state index in [2.05, 4.69) is 22.5 Å². The normalized spacial score (nSPS) is 25.4. The fourth-order valence-corrected chi connectivity index (χ4v) is 1.94. The van der Waals surface area contributed by atoms with Crippen LogP contribution in [0, 0.1) is 12.8 Å². The molecule has 5 heteroatoms. The van der Waals surface area contributed by atoms with Crippen LogP contribution in [0.1, 0.15) is 29.6 Å². The van der Waals surface area contributed by atoms with Crippen molar-refractivity contribution >= 4 is 5.91 Å². The molecule has 2 atom stereocenters. The Bertz CT molecular complexity index is 375. The quantitative estimate of drug-likeness (QED) is 0.775. The van der Waals surface area contributed by atoms with Gasteiger partial charge in [0.25, 0.3) is 5.91 Å². The Hall–Kier alpha value is -1.36. The number of nitrogens with zero attached hydrogens (tertiary/aromatic N) is 1. The zero-order chi connectivity index (χ0) is 11.5. The summed E-state index contributed by atoms with van der Waals surface area (Å²) >= 11 is 0. The van der Waals surface area contributed by atoms with Gasteiger partial charge in [0.05, 0.1) is 0 Å². The first-order valence-electron chi connectivity index (χ1n) is 5.60. The van der Waals surface area contributed by atoms with Gasteiger partial charge in [0.15, 0.2) is 12.1 Å². The van der Waals surface area contributed by atoms with Crippen LogP contribution in [0.3, 0.4) is 0 Å². The molecule has 1 fully saturated rings. The first-order chi connectivity index (χ1) is 7.68. The van der Waals surface area contributed by atoms with Gasteiger partial charge in [-0.15, -0.1) is 0 Å². The van der Waals surface area contributed by atoms with Crippen molar-refractivity contribution < 1.29 is 9.21 Å². The van der Waals surface area contributed by atoms with Crippen molar-refractivity contribution in [3.05, 3.63) is 17.8 Å². The lowest BCUT2D eigenvalue weighted by Gasteiger charge is -2.29. The molecule has 0 spiro atoms. The van der Waals surface area contributed by atoms with E-state index in [4.69, 9.17) is 4.42 Å². The van der Waals surface area contributed by atoms with E-state index in [0.717, 1.165) is 19.5 Å². The van der Waals surface area contributed by atoms with E-state index in [1.807, 2.05) is 0 Å². The molecule has 1 saturated heterocycles. The second kappa shape index (κ2) is 4.65. The average molecular weight is 223 g/mol. The molecule has 1 amide bonds. The molecule has 1 aliphatic heterocycles. The summed E-state index contributed by atoms with van der Waals surface area (Å²) in [6.45, 7) is 5.74. The summed E-state index contributed by atoms with van der Waals surface area (Å²) in [5.41, 5.74) is 0.387. The molecule has 2 heterocycles. The highest BCUT2D eigenvalue weighted by Crippen LogP contribution is 2.12. The van der Waals surface area contributed by atoms with Crippen molar-refractivity contribution in [1.82, 2.24) is 15.6 Å². The molecular weight excluding hydrogens is 206 g/mol. The summed E-state index contributed by atoms with van der Waals surface area (Å²) in [6.07, 6.45) is 2.38. The first kappa shape index (κ1) is 11.1. The van der Waals surface area contributed by atoms with Gasteiger partial charge in [-0.2, -0.15) is 0 Å². The fourth-order valence-electron chi connectivity index (χ4n) is 1.94. The number of carbonyl (C=O) groups excluding carboxylic acids is 1. The Balaban J connectivity index is 1.99. The van der Waals surface area contributed by atoms with Gasteiger partial charge >= 0.3 is 0 Å². The molecule has 16 heavy (non-hydrogen) atoms. The van der Waals surface area contributed by atoms with Gasteiger partial charge < -0.3 is 15.1 Å². The first-order valence-corrected chi connectivity index (χ1v) is 5.60. The number of piperidine rings is 1. The molecule has 1 aromatic heterocycles. The summed E-state index contributed by atoms with van der Waals surface area (Å²) in [5.74, 6) is 0.915. The molecule has 0 aromatic carbocycles. The van der Waals surface area contributed by atoms with Crippen molar-refractivity contribution in [2.45, 2.75) is 26.3 Å². The summed E-state index contributed by atoms with van der Waals surface area (Å²) in [4.78, 5) is 15.8. The van der Waals surface area contributed by atoms with E-state index >= 15 is 0 Å². The van der Waals surface area contributed by atoms with Crippen LogP contribution in [-0.2, 0) is 0 Å². The number of oxazole rings is 1. The molecule has 1 aliphatic rings. The molecule has 2 rings (SSSR count). The van der Waals surface area contributed by atoms with Crippen molar-refractivity contribution in [2.24, 2.45) is 5.92 Å². The maximum absolute atomic E-state index is 11.9.